The minimum absolute atomic E-state index is 0.0798. The molecule has 0 spiro atoms. The van der Waals surface area contributed by atoms with Crippen LogP contribution in [-0.4, -0.2) is 21.7 Å². The van der Waals surface area contributed by atoms with Gasteiger partial charge in [-0.1, -0.05) is 30.3 Å². The van der Waals surface area contributed by atoms with Crippen LogP contribution in [0.3, 0.4) is 0 Å². The fourth-order valence-electron chi connectivity index (χ4n) is 3.23. The first-order valence-electron chi connectivity index (χ1n) is 10.6. The standard InChI is InChI=1S/C26H20N4O4S/c31-25(19-6-10-22(11-7-19)30(33)34)28-20-8-12-23(13-9-20)35-24(18-4-2-1-3-5-18)26(32)29-21-14-16-27-17-15-21/h1-17,24H,(H,28,31)(H,27,29,32). The zero-order valence-electron chi connectivity index (χ0n) is 18.3. The average Bonchev–Trinajstić information content (AvgIpc) is 2.89. The summed E-state index contributed by atoms with van der Waals surface area (Å²) in [6.45, 7) is 0. The van der Waals surface area contributed by atoms with E-state index in [4.69, 9.17) is 0 Å². The molecule has 4 rings (SSSR count). The van der Waals surface area contributed by atoms with Crippen molar-refractivity contribution >= 4 is 40.6 Å². The third kappa shape index (κ3) is 6.30. The summed E-state index contributed by atoms with van der Waals surface area (Å²) >= 11 is 1.39. The van der Waals surface area contributed by atoms with Crippen molar-refractivity contribution in [3.63, 3.8) is 0 Å². The van der Waals surface area contributed by atoms with E-state index < -0.39 is 10.2 Å². The molecule has 0 aliphatic rings. The van der Waals surface area contributed by atoms with Gasteiger partial charge >= 0.3 is 0 Å². The number of hydrogen-bond donors (Lipinski definition) is 2. The summed E-state index contributed by atoms with van der Waals surface area (Å²) in [7, 11) is 0. The molecule has 0 saturated heterocycles. The Balaban J connectivity index is 1.45. The Morgan fingerprint density at radius 3 is 2.06 bits per heavy atom. The van der Waals surface area contributed by atoms with Crippen molar-refractivity contribution < 1.29 is 14.5 Å². The maximum Gasteiger partial charge on any atom is 0.269 e. The van der Waals surface area contributed by atoms with Crippen molar-refractivity contribution in [3.05, 3.63) is 125 Å². The second-order valence-electron chi connectivity index (χ2n) is 7.42. The molecule has 0 radical (unpaired) electrons. The van der Waals surface area contributed by atoms with Crippen LogP contribution in [0.4, 0.5) is 17.1 Å². The van der Waals surface area contributed by atoms with Gasteiger partial charge in [-0.2, -0.15) is 0 Å². The highest BCUT2D eigenvalue weighted by Gasteiger charge is 2.22. The summed E-state index contributed by atoms with van der Waals surface area (Å²) < 4.78 is 0. The molecule has 3 aromatic carbocycles. The van der Waals surface area contributed by atoms with Gasteiger partial charge in [-0.3, -0.25) is 24.7 Å². The molecule has 9 heteroatoms. The number of nitro benzene ring substituents is 1. The SMILES string of the molecule is O=C(Nc1ccc(SC(C(=O)Nc2ccncc2)c2ccccc2)cc1)c1ccc([N+](=O)[O-])cc1. The van der Waals surface area contributed by atoms with Gasteiger partial charge in [-0.25, -0.2) is 0 Å². The summed E-state index contributed by atoms with van der Waals surface area (Å²) in [5.74, 6) is -0.540. The van der Waals surface area contributed by atoms with E-state index in [0.29, 0.717) is 16.9 Å². The van der Waals surface area contributed by atoms with E-state index >= 15 is 0 Å². The van der Waals surface area contributed by atoms with Crippen molar-refractivity contribution in [1.82, 2.24) is 4.98 Å². The number of anilines is 2. The minimum Gasteiger partial charge on any atom is -0.325 e. The molecule has 4 aromatic rings. The molecule has 2 amide bonds. The molecular formula is C26H20N4O4S. The number of nitrogens with zero attached hydrogens (tertiary/aromatic N) is 2. The number of aromatic nitrogens is 1. The largest absolute Gasteiger partial charge is 0.325 e. The first-order chi connectivity index (χ1) is 17.0. The fourth-order valence-corrected chi connectivity index (χ4v) is 4.26. The normalized spacial score (nSPS) is 11.3. The number of pyridine rings is 1. The van der Waals surface area contributed by atoms with Gasteiger partial charge in [0, 0.05) is 46.4 Å². The number of amides is 2. The Bertz CT molecular complexity index is 1320. The van der Waals surface area contributed by atoms with Crippen LogP contribution in [0.5, 0.6) is 0 Å². The molecule has 1 aromatic heterocycles. The Labute approximate surface area is 205 Å². The second-order valence-corrected chi connectivity index (χ2v) is 8.59. The molecule has 2 N–H and O–H groups in total. The first-order valence-corrected chi connectivity index (χ1v) is 11.5. The fraction of sp³-hybridized carbons (Fsp3) is 0.0385. The molecule has 0 aliphatic heterocycles. The molecule has 0 saturated carbocycles. The van der Waals surface area contributed by atoms with Gasteiger partial charge in [-0.15, -0.1) is 11.8 Å². The quantitative estimate of drug-likeness (QED) is 0.188. The van der Waals surface area contributed by atoms with Crippen molar-refractivity contribution in [2.24, 2.45) is 0 Å². The van der Waals surface area contributed by atoms with Crippen LogP contribution >= 0.6 is 11.8 Å². The first kappa shape index (κ1) is 23.7. The van der Waals surface area contributed by atoms with E-state index in [-0.39, 0.29) is 17.5 Å². The van der Waals surface area contributed by atoms with Crippen LogP contribution < -0.4 is 10.6 Å². The van der Waals surface area contributed by atoms with Crippen LogP contribution in [-0.2, 0) is 4.79 Å². The Kier molecular flexibility index (Phi) is 7.49. The highest BCUT2D eigenvalue weighted by Crippen LogP contribution is 2.36. The number of carbonyl (C=O) groups excluding carboxylic acids is 2. The predicted molar refractivity (Wildman–Crippen MR) is 135 cm³/mol. The zero-order valence-corrected chi connectivity index (χ0v) is 19.1. The summed E-state index contributed by atoms with van der Waals surface area (Å²) in [5, 5.41) is 16.0. The number of thioether (sulfide) groups is 1. The molecule has 0 fully saturated rings. The third-order valence-corrected chi connectivity index (χ3v) is 6.26. The smallest absolute Gasteiger partial charge is 0.269 e. The number of carbonyl (C=O) groups is 2. The molecule has 0 bridgehead atoms. The third-order valence-electron chi connectivity index (χ3n) is 4.99. The van der Waals surface area contributed by atoms with Crippen LogP contribution in [0.2, 0.25) is 0 Å². The van der Waals surface area contributed by atoms with E-state index in [0.717, 1.165) is 10.5 Å². The van der Waals surface area contributed by atoms with Crippen LogP contribution in [0.25, 0.3) is 0 Å². The lowest BCUT2D eigenvalue weighted by molar-refractivity contribution is -0.384. The second kappa shape index (κ2) is 11.1. The lowest BCUT2D eigenvalue weighted by atomic mass is 10.1. The van der Waals surface area contributed by atoms with E-state index in [1.165, 1.54) is 36.0 Å². The van der Waals surface area contributed by atoms with E-state index in [1.807, 2.05) is 42.5 Å². The molecule has 8 nitrogen and oxygen atoms in total. The topological polar surface area (TPSA) is 114 Å². The summed E-state index contributed by atoms with van der Waals surface area (Å²) in [4.78, 5) is 40.6. The number of nitrogens with one attached hydrogen (secondary N) is 2. The maximum atomic E-state index is 13.1. The van der Waals surface area contributed by atoms with Crippen LogP contribution in [0.1, 0.15) is 21.2 Å². The van der Waals surface area contributed by atoms with E-state index in [2.05, 4.69) is 15.6 Å². The van der Waals surface area contributed by atoms with Gasteiger partial charge in [-0.05, 0) is 54.1 Å². The Hall–Kier alpha value is -4.50. The van der Waals surface area contributed by atoms with E-state index in [1.54, 1.807) is 36.7 Å². The summed E-state index contributed by atoms with van der Waals surface area (Å²) in [5.41, 5.74) is 2.32. The highest BCUT2D eigenvalue weighted by molar-refractivity contribution is 8.00. The van der Waals surface area contributed by atoms with Crippen molar-refractivity contribution in [2.45, 2.75) is 10.1 Å². The number of hydrogen-bond acceptors (Lipinski definition) is 6. The van der Waals surface area contributed by atoms with Crippen molar-refractivity contribution in [1.29, 1.82) is 0 Å². The summed E-state index contributed by atoms with van der Waals surface area (Å²) in [6.07, 6.45) is 3.23. The van der Waals surface area contributed by atoms with Gasteiger partial charge in [0.1, 0.15) is 5.25 Å². The van der Waals surface area contributed by atoms with Crippen LogP contribution in [0.15, 0.2) is 108 Å². The zero-order chi connectivity index (χ0) is 24.6. The average molecular weight is 485 g/mol. The number of non-ortho nitro benzene ring substituents is 1. The molecular weight excluding hydrogens is 464 g/mol. The lowest BCUT2D eigenvalue weighted by Crippen LogP contribution is -2.19. The summed E-state index contributed by atoms with van der Waals surface area (Å²) in [6, 6.07) is 25.5. The monoisotopic (exact) mass is 484 g/mol. The van der Waals surface area contributed by atoms with Gasteiger partial charge in [0.05, 0.1) is 4.92 Å². The number of nitro groups is 1. The molecule has 174 valence electrons. The van der Waals surface area contributed by atoms with Crippen LogP contribution in [0, 0.1) is 10.1 Å². The Morgan fingerprint density at radius 1 is 0.800 bits per heavy atom. The van der Waals surface area contributed by atoms with Crippen molar-refractivity contribution in [2.75, 3.05) is 10.6 Å². The molecule has 0 aliphatic carbocycles. The number of rotatable bonds is 8. The van der Waals surface area contributed by atoms with Crippen molar-refractivity contribution in [3.8, 4) is 0 Å². The van der Waals surface area contributed by atoms with Gasteiger partial charge in [0.25, 0.3) is 11.6 Å². The van der Waals surface area contributed by atoms with Gasteiger partial charge in [0.15, 0.2) is 0 Å². The molecule has 1 atom stereocenters. The molecule has 35 heavy (non-hydrogen) atoms. The molecule has 1 unspecified atom stereocenters. The van der Waals surface area contributed by atoms with E-state index in [9.17, 15) is 19.7 Å². The van der Waals surface area contributed by atoms with Gasteiger partial charge < -0.3 is 10.6 Å². The predicted octanol–water partition coefficient (Wildman–Crippen LogP) is 5.71. The number of benzene rings is 3. The van der Waals surface area contributed by atoms with Gasteiger partial charge in [0.2, 0.25) is 5.91 Å². The Morgan fingerprint density at radius 2 is 1.43 bits per heavy atom. The minimum atomic E-state index is -0.516. The molecule has 1 heterocycles. The highest BCUT2D eigenvalue weighted by atomic mass is 32.2. The maximum absolute atomic E-state index is 13.1. The lowest BCUT2D eigenvalue weighted by Gasteiger charge is -2.17.